The van der Waals surface area contributed by atoms with E-state index in [4.69, 9.17) is 16.7 Å². The number of aryl methyl sites for hydroxylation is 1. The van der Waals surface area contributed by atoms with Crippen molar-refractivity contribution >= 4 is 11.6 Å². The molecule has 0 bridgehead atoms. The first-order valence-electron chi connectivity index (χ1n) is 3.70. The number of rotatable bonds is 2. The van der Waals surface area contributed by atoms with Crippen LogP contribution in [0.5, 0.6) is 0 Å². The lowest BCUT2D eigenvalue weighted by Gasteiger charge is -2.12. The van der Waals surface area contributed by atoms with E-state index in [1.807, 2.05) is 19.1 Å². The van der Waals surface area contributed by atoms with Gasteiger partial charge in [0.25, 0.3) is 0 Å². The smallest absolute Gasteiger partial charge is 0.104 e. The number of halogens is 1. The quantitative estimate of drug-likeness (QED) is 0.738. The van der Waals surface area contributed by atoms with Crippen LogP contribution in [-0.2, 0) is 0 Å². The van der Waals surface area contributed by atoms with Crippen LogP contribution < -0.4 is 0 Å². The maximum Gasteiger partial charge on any atom is 0.104 e. The van der Waals surface area contributed by atoms with Gasteiger partial charge >= 0.3 is 0 Å². The Morgan fingerprint density at radius 2 is 2.17 bits per heavy atom. The second-order valence-corrected chi connectivity index (χ2v) is 3.08. The van der Waals surface area contributed by atoms with Gasteiger partial charge in [-0.2, -0.15) is 0 Å². The van der Waals surface area contributed by atoms with Crippen molar-refractivity contribution in [3.8, 4) is 0 Å². The van der Waals surface area contributed by atoms with Gasteiger partial charge < -0.3 is 10.2 Å². The summed E-state index contributed by atoms with van der Waals surface area (Å²) in [6, 6.07) is 5.36. The van der Waals surface area contributed by atoms with Gasteiger partial charge in [0, 0.05) is 10.6 Å². The summed E-state index contributed by atoms with van der Waals surface area (Å²) in [7, 11) is 0. The molecular weight excluding hydrogens is 176 g/mol. The second kappa shape index (κ2) is 3.90. The van der Waals surface area contributed by atoms with Gasteiger partial charge in [-0.3, -0.25) is 0 Å². The highest BCUT2D eigenvalue weighted by atomic mass is 35.5. The third kappa shape index (κ3) is 1.78. The number of hydrogen-bond acceptors (Lipinski definition) is 2. The average Bonchev–Trinajstić information content (AvgIpc) is 2.03. The predicted molar refractivity (Wildman–Crippen MR) is 48.2 cm³/mol. The van der Waals surface area contributed by atoms with E-state index in [9.17, 15) is 5.11 Å². The molecule has 2 nitrogen and oxygen atoms in total. The van der Waals surface area contributed by atoms with E-state index < -0.39 is 6.10 Å². The van der Waals surface area contributed by atoms with Crippen LogP contribution >= 0.6 is 11.6 Å². The topological polar surface area (TPSA) is 40.5 Å². The van der Waals surface area contributed by atoms with Crippen molar-refractivity contribution in [2.45, 2.75) is 13.0 Å². The average molecular weight is 187 g/mol. The van der Waals surface area contributed by atoms with Crippen molar-refractivity contribution in [3.63, 3.8) is 0 Å². The molecule has 1 aromatic carbocycles. The summed E-state index contributed by atoms with van der Waals surface area (Å²) >= 11 is 5.83. The highest BCUT2D eigenvalue weighted by molar-refractivity contribution is 6.31. The Kier molecular flexibility index (Phi) is 3.09. The molecule has 0 saturated carbocycles. The molecule has 1 rings (SSSR count). The molecule has 0 aromatic heterocycles. The molecular formula is C9H11ClO2. The fourth-order valence-corrected chi connectivity index (χ4v) is 1.51. The largest absolute Gasteiger partial charge is 0.393 e. The van der Waals surface area contributed by atoms with Gasteiger partial charge in [0.05, 0.1) is 6.61 Å². The van der Waals surface area contributed by atoms with Crippen LogP contribution in [0.4, 0.5) is 0 Å². The SMILES string of the molecule is Cc1cccc(Cl)c1C(O)CO. The van der Waals surface area contributed by atoms with E-state index in [2.05, 4.69) is 0 Å². The molecule has 0 aliphatic heterocycles. The Morgan fingerprint density at radius 3 is 2.67 bits per heavy atom. The fraction of sp³-hybridized carbons (Fsp3) is 0.333. The molecule has 0 spiro atoms. The zero-order valence-electron chi connectivity index (χ0n) is 6.79. The van der Waals surface area contributed by atoms with Crippen LogP contribution in [-0.4, -0.2) is 16.8 Å². The van der Waals surface area contributed by atoms with E-state index in [0.29, 0.717) is 10.6 Å². The van der Waals surface area contributed by atoms with E-state index in [0.717, 1.165) is 5.56 Å². The third-order valence-electron chi connectivity index (χ3n) is 1.78. The van der Waals surface area contributed by atoms with Crippen molar-refractivity contribution in [1.29, 1.82) is 0 Å². The molecule has 0 fully saturated rings. The minimum absolute atomic E-state index is 0.301. The number of aliphatic hydroxyl groups is 2. The summed E-state index contributed by atoms with van der Waals surface area (Å²) in [5.74, 6) is 0. The van der Waals surface area contributed by atoms with Crippen LogP contribution in [0.15, 0.2) is 18.2 Å². The Bertz CT molecular complexity index is 253. The van der Waals surface area contributed by atoms with Crippen molar-refractivity contribution in [2.75, 3.05) is 6.61 Å². The molecule has 0 aliphatic rings. The molecule has 1 unspecified atom stereocenters. The Hall–Kier alpha value is -0.570. The van der Waals surface area contributed by atoms with Gasteiger partial charge in [0.2, 0.25) is 0 Å². The minimum Gasteiger partial charge on any atom is -0.393 e. The highest BCUT2D eigenvalue weighted by Gasteiger charge is 2.12. The normalized spacial score (nSPS) is 13.0. The molecule has 0 aliphatic carbocycles. The number of hydrogen-bond donors (Lipinski definition) is 2. The van der Waals surface area contributed by atoms with Crippen LogP contribution in [0.2, 0.25) is 5.02 Å². The predicted octanol–water partition coefficient (Wildman–Crippen LogP) is 1.67. The third-order valence-corrected chi connectivity index (χ3v) is 2.11. The van der Waals surface area contributed by atoms with Gasteiger partial charge in [0.15, 0.2) is 0 Å². The molecule has 12 heavy (non-hydrogen) atoms. The van der Waals surface area contributed by atoms with E-state index in [1.165, 1.54) is 0 Å². The van der Waals surface area contributed by atoms with Crippen molar-refractivity contribution in [2.24, 2.45) is 0 Å². The first-order valence-corrected chi connectivity index (χ1v) is 4.08. The molecule has 2 N–H and O–H groups in total. The van der Waals surface area contributed by atoms with Gasteiger partial charge in [-0.25, -0.2) is 0 Å². The molecule has 1 aromatic rings. The lowest BCUT2D eigenvalue weighted by atomic mass is 10.0. The minimum atomic E-state index is -0.876. The molecule has 0 heterocycles. The van der Waals surface area contributed by atoms with Crippen LogP contribution in [0.25, 0.3) is 0 Å². The van der Waals surface area contributed by atoms with Crippen molar-refractivity contribution in [3.05, 3.63) is 34.3 Å². The molecule has 0 saturated heterocycles. The first-order chi connectivity index (χ1) is 5.66. The number of benzene rings is 1. The van der Waals surface area contributed by atoms with Crippen molar-refractivity contribution in [1.82, 2.24) is 0 Å². The van der Waals surface area contributed by atoms with Crippen LogP contribution in [0.3, 0.4) is 0 Å². The fourth-order valence-electron chi connectivity index (χ4n) is 1.16. The Balaban J connectivity index is 3.12. The Labute approximate surface area is 76.4 Å². The highest BCUT2D eigenvalue weighted by Crippen LogP contribution is 2.25. The van der Waals surface area contributed by atoms with E-state index >= 15 is 0 Å². The molecule has 0 amide bonds. The molecule has 0 radical (unpaired) electrons. The van der Waals surface area contributed by atoms with E-state index in [-0.39, 0.29) is 6.61 Å². The van der Waals surface area contributed by atoms with Gasteiger partial charge in [0.1, 0.15) is 6.10 Å². The summed E-state index contributed by atoms with van der Waals surface area (Å²) in [5.41, 5.74) is 1.51. The van der Waals surface area contributed by atoms with Crippen LogP contribution in [0.1, 0.15) is 17.2 Å². The monoisotopic (exact) mass is 186 g/mol. The summed E-state index contributed by atoms with van der Waals surface area (Å²) in [6.45, 7) is 1.55. The first kappa shape index (κ1) is 9.52. The van der Waals surface area contributed by atoms with Gasteiger partial charge in [-0.15, -0.1) is 0 Å². The zero-order valence-corrected chi connectivity index (χ0v) is 7.54. The lowest BCUT2D eigenvalue weighted by Crippen LogP contribution is -2.05. The molecule has 3 heteroatoms. The summed E-state index contributed by atoms with van der Waals surface area (Å²) in [6.07, 6.45) is -0.876. The summed E-state index contributed by atoms with van der Waals surface area (Å²) < 4.78 is 0. The van der Waals surface area contributed by atoms with Gasteiger partial charge in [-0.1, -0.05) is 23.7 Å². The maximum absolute atomic E-state index is 9.36. The van der Waals surface area contributed by atoms with Crippen molar-refractivity contribution < 1.29 is 10.2 Å². The molecule has 66 valence electrons. The summed E-state index contributed by atoms with van der Waals surface area (Å²) in [4.78, 5) is 0. The lowest BCUT2D eigenvalue weighted by molar-refractivity contribution is 0.0952. The van der Waals surface area contributed by atoms with Gasteiger partial charge in [-0.05, 0) is 18.6 Å². The number of aliphatic hydroxyl groups excluding tert-OH is 2. The maximum atomic E-state index is 9.36. The van der Waals surface area contributed by atoms with E-state index in [1.54, 1.807) is 6.07 Å². The second-order valence-electron chi connectivity index (χ2n) is 2.67. The molecule has 1 atom stereocenters. The standard InChI is InChI=1S/C9H11ClO2/c1-6-3-2-4-7(10)9(6)8(12)5-11/h2-4,8,11-12H,5H2,1H3. The summed E-state index contributed by atoms with van der Waals surface area (Å²) in [5, 5.41) is 18.6. The van der Waals surface area contributed by atoms with Crippen LogP contribution in [0, 0.1) is 6.92 Å². The Morgan fingerprint density at radius 1 is 1.50 bits per heavy atom. The zero-order chi connectivity index (χ0) is 9.14.